The van der Waals surface area contributed by atoms with Gasteiger partial charge in [-0.15, -0.1) is 11.3 Å². The summed E-state index contributed by atoms with van der Waals surface area (Å²) >= 11 is 5.10. The number of aromatic nitrogens is 3. The number of nitrogens with one attached hydrogen (secondary N) is 1. The van der Waals surface area contributed by atoms with Gasteiger partial charge in [-0.05, 0) is 35.7 Å². The van der Waals surface area contributed by atoms with Crippen LogP contribution in [0.2, 0.25) is 0 Å². The van der Waals surface area contributed by atoms with Gasteiger partial charge in [-0.3, -0.25) is 4.79 Å². The Morgan fingerprint density at radius 2 is 1.96 bits per heavy atom. The highest BCUT2D eigenvalue weighted by atomic mass is 79.9. The molecule has 4 heterocycles. The third kappa shape index (κ3) is 2.98. The van der Waals surface area contributed by atoms with Crippen molar-refractivity contribution >= 4 is 60.1 Å². The van der Waals surface area contributed by atoms with Crippen LogP contribution in [0, 0.1) is 0 Å². The van der Waals surface area contributed by atoms with E-state index >= 15 is 0 Å². The van der Waals surface area contributed by atoms with Crippen LogP contribution in [0.5, 0.6) is 0 Å². The van der Waals surface area contributed by atoms with Crippen LogP contribution in [-0.4, -0.2) is 51.9 Å². The lowest BCUT2D eigenvalue weighted by molar-refractivity contribution is 0.0741. The van der Waals surface area contributed by atoms with E-state index < -0.39 is 0 Å². The molecule has 1 N–H and O–H groups in total. The molecule has 8 heteroatoms. The SMILES string of the molecule is O=C(c1cc2cc(Br)ccc2[nH]1)N1CCN(c2ncnc3sccc23)CC1. The maximum Gasteiger partial charge on any atom is 0.270 e. The van der Waals surface area contributed by atoms with Gasteiger partial charge in [0.1, 0.15) is 22.7 Å². The minimum absolute atomic E-state index is 0.0466. The van der Waals surface area contributed by atoms with Crippen molar-refractivity contribution in [2.75, 3.05) is 31.1 Å². The van der Waals surface area contributed by atoms with Crippen LogP contribution in [0.4, 0.5) is 5.82 Å². The van der Waals surface area contributed by atoms with Crippen LogP contribution < -0.4 is 4.90 Å². The van der Waals surface area contributed by atoms with E-state index in [1.54, 1.807) is 17.7 Å². The number of rotatable bonds is 2. The van der Waals surface area contributed by atoms with Crippen molar-refractivity contribution in [1.29, 1.82) is 0 Å². The molecule has 0 bridgehead atoms. The van der Waals surface area contributed by atoms with Gasteiger partial charge in [-0.2, -0.15) is 0 Å². The van der Waals surface area contributed by atoms with Crippen LogP contribution in [0.25, 0.3) is 21.1 Å². The van der Waals surface area contributed by atoms with E-state index in [0.29, 0.717) is 18.8 Å². The first-order valence-electron chi connectivity index (χ1n) is 8.70. The Balaban J connectivity index is 1.33. The first-order valence-corrected chi connectivity index (χ1v) is 10.4. The highest BCUT2D eigenvalue weighted by molar-refractivity contribution is 9.10. The molecule has 0 spiro atoms. The number of thiophene rings is 1. The van der Waals surface area contributed by atoms with Gasteiger partial charge in [0.2, 0.25) is 0 Å². The first kappa shape index (κ1) is 16.7. The maximum atomic E-state index is 12.9. The van der Waals surface area contributed by atoms with E-state index in [1.165, 1.54) is 0 Å². The molecule has 0 aliphatic carbocycles. The topological polar surface area (TPSA) is 65.1 Å². The summed E-state index contributed by atoms with van der Waals surface area (Å²) in [5, 5.41) is 4.16. The van der Waals surface area contributed by atoms with Gasteiger partial charge in [0.25, 0.3) is 5.91 Å². The number of carbonyl (C=O) groups excluding carboxylic acids is 1. The largest absolute Gasteiger partial charge is 0.352 e. The molecule has 5 rings (SSSR count). The lowest BCUT2D eigenvalue weighted by atomic mass is 10.2. The average molecular weight is 442 g/mol. The van der Waals surface area contributed by atoms with E-state index in [2.05, 4.69) is 41.8 Å². The van der Waals surface area contributed by atoms with Crippen LogP contribution in [0.3, 0.4) is 0 Å². The minimum atomic E-state index is 0.0466. The predicted octanol–water partition coefficient (Wildman–Crippen LogP) is 3.90. The number of hydrogen-bond donors (Lipinski definition) is 1. The van der Waals surface area contributed by atoms with Gasteiger partial charge >= 0.3 is 0 Å². The van der Waals surface area contributed by atoms with E-state index in [4.69, 9.17) is 0 Å². The monoisotopic (exact) mass is 441 g/mol. The van der Waals surface area contributed by atoms with E-state index in [1.807, 2.05) is 34.5 Å². The third-order valence-electron chi connectivity index (χ3n) is 4.92. The minimum Gasteiger partial charge on any atom is -0.352 e. The van der Waals surface area contributed by atoms with Crippen molar-refractivity contribution in [3.05, 3.63) is 52.2 Å². The predicted molar refractivity (Wildman–Crippen MR) is 112 cm³/mol. The van der Waals surface area contributed by atoms with Gasteiger partial charge in [0.15, 0.2) is 0 Å². The second-order valence-electron chi connectivity index (χ2n) is 6.53. The Hall–Kier alpha value is -2.45. The summed E-state index contributed by atoms with van der Waals surface area (Å²) in [4.78, 5) is 30.1. The number of piperazine rings is 1. The fraction of sp³-hybridized carbons (Fsp3) is 0.211. The number of aromatic amines is 1. The van der Waals surface area contributed by atoms with Crippen LogP contribution in [-0.2, 0) is 0 Å². The standard InChI is InChI=1S/C19H16BrN5OS/c20-13-1-2-15-12(9-13)10-16(23-15)19(26)25-6-4-24(5-7-25)17-14-3-8-27-18(14)22-11-21-17/h1-3,8-11,23H,4-7H2. The van der Waals surface area contributed by atoms with Crippen LogP contribution in [0.15, 0.2) is 46.5 Å². The van der Waals surface area contributed by atoms with Gasteiger partial charge in [0, 0.05) is 41.6 Å². The van der Waals surface area contributed by atoms with E-state index in [9.17, 15) is 4.79 Å². The number of hydrogen-bond acceptors (Lipinski definition) is 5. The summed E-state index contributed by atoms with van der Waals surface area (Å²) in [5.41, 5.74) is 1.61. The summed E-state index contributed by atoms with van der Waals surface area (Å²) < 4.78 is 1.01. The highest BCUT2D eigenvalue weighted by Crippen LogP contribution is 2.28. The molecule has 1 aliphatic rings. The number of carbonyl (C=O) groups is 1. The fourth-order valence-electron chi connectivity index (χ4n) is 3.54. The Kier molecular flexibility index (Phi) is 4.09. The zero-order valence-corrected chi connectivity index (χ0v) is 16.8. The molecule has 27 heavy (non-hydrogen) atoms. The second kappa shape index (κ2) is 6.61. The lowest BCUT2D eigenvalue weighted by Gasteiger charge is -2.35. The molecule has 1 saturated heterocycles. The molecule has 3 aromatic heterocycles. The molecule has 1 amide bonds. The number of anilines is 1. The molecule has 0 radical (unpaired) electrons. The summed E-state index contributed by atoms with van der Waals surface area (Å²) in [6.07, 6.45) is 1.62. The Labute approximate surface area is 168 Å². The Morgan fingerprint density at radius 3 is 2.81 bits per heavy atom. The number of halogens is 1. The zero-order valence-electron chi connectivity index (χ0n) is 14.4. The molecular weight excluding hydrogens is 426 g/mol. The summed E-state index contributed by atoms with van der Waals surface area (Å²) in [7, 11) is 0. The maximum absolute atomic E-state index is 12.9. The summed E-state index contributed by atoms with van der Waals surface area (Å²) in [6, 6.07) is 9.96. The number of H-pyrrole nitrogens is 1. The quantitative estimate of drug-likeness (QED) is 0.512. The van der Waals surface area contributed by atoms with Gasteiger partial charge in [-0.1, -0.05) is 15.9 Å². The lowest BCUT2D eigenvalue weighted by Crippen LogP contribution is -2.49. The van der Waals surface area contributed by atoms with E-state index in [-0.39, 0.29) is 5.91 Å². The Morgan fingerprint density at radius 1 is 1.11 bits per heavy atom. The summed E-state index contributed by atoms with van der Waals surface area (Å²) in [5.74, 6) is 1.01. The molecule has 0 unspecified atom stereocenters. The van der Waals surface area contributed by atoms with Gasteiger partial charge < -0.3 is 14.8 Å². The van der Waals surface area contributed by atoms with Crippen molar-refractivity contribution in [2.24, 2.45) is 0 Å². The molecule has 0 atom stereocenters. The average Bonchev–Trinajstić information content (AvgIpc) is 3.33. The molecule has 0 saturated carbocycles. The molecule has 4 aromatic rings. The van der Waals surface area contributed by atoms with Crippen molar-refractivity contribution in [1.82, 2.24) is 19.9 Å². The zero-order chi connectivity index (χ0) is 18.4. The van der Waals surface area contributed by atoms with E-state index in [0.717, 1.165) is 44.5 Å². The molecule has 1 aliphatic heterocycles. The smallest absolute Gasteiger partial charge is 0.270 e. The molecule has 1 aromatic carbocycles. The van der Waals surface area contributed by atoms with Gasteiger partial charge in [-0.25, -0.2) is 9.97 Å². The number of amides is 1. The summed E-state index contributed by atoms with van der Waals surface area (Å²) in [6.45, 7) is 2.88. The highest BCUT2D eigenvalue weighted by Gasteiger charge is 2.25. The fourth-order valence-corrected chi connectivity index (χ4v) is 4.65. The number of benzene rings is 1. The Bertz CT molecular complexity index is 1150. The molecule has 136 valence electrons. The van der Waals surface area contributed by atoms with Crippen LogP contribution in [0.1, 0.15) is 10.5 Å². The molecule has 1 fully saturated rings. The van der Waals surface area contributed by atoms with Crippen molar-refractivity contribution < 1.29 is 4.79 Å². The number of fused-ring (bicyclic) bond motifs is 2. The second-order valence-corrected chi connectivity index (χ2v) is 8.34. The third-order valence-corrected chi connectivity index (χ3v) is 6.23. The first-order chi connectivity index (χ1) is 13.2. The normalized spacial score (nSPS) is 15.0. The van der Waals surface area contributed by atoms with Crippen LogP contribution >= 0.6 is 27.3 Å². The van der Waals surface area contributed by atoms with Crippen molar-refractivity contribution in [3.8, 4) is 0 Å². The van der Waals surface area contributed by atoms with Crippen molar-refractivity contribution in [3.63, 3.8) is 0 Å². The molecule has 6 nitrogen and oxygen atoms in total. The van der Waals surface area contributed by atoms with Crippen molar-refractivity contribution in [2.45, 2.75) is 0 Å². The molecular formula is C19H16BrN5OS. The number of nitrogens with zero attached hydrogens (tertiary/aromatic N) is 4. The van der Waals surface area contributed by atoms with Gasteiger partial charge in [0.05, 0.1) is 5.39 Å².